The quantitative estimate of drug-likeness (QED) is 0.596. The van der Waals surface area contributed by atoms with Crippen molar-refractivity contribution >= 4 is 16.9 Å². The van der Waals surface area contributed by atoms with Crippen LogP contribution in [0.25, 0.3) is 10.9 Å². The number of aromatic amines is 1. The van der Waals surface area contributed by atoms with Crippen molar-refractivity contribution in [3.8, 4) is 0 Å². The zero-order valence-corrected chi connectivity index (χ0v) is 13.5. The first kappa shape index (κ1) is 17.1. The van der Waals surface area contributed by atoms with Gasteiger partial charge in [0.25, 0.3) is 5.56 Å². The van der Waals surface area contributed by atoms with Crippen molar-refractivity contribution in [2.75, 3.05) is 13.2 Å². The summed E-state index contributed by atoms with van der Waals surface area (Å²) in [6, 6.07) is 7.19. The van der Waals surface area contributed by atoms with E-state index in [1.807, 2.05) is 19.9 Å². The van der Waals surface area contributed by atoms with Gasteiger partial charge in [0.2, 0.25) is 0 Å². The second kappa shape index (κ2) is 8.43. The molecule has 0 spiro atoms. The smallest absolute Gasteiger partial charge is 0.305 e. The molecular formula is C17H22N2O4. The minimum atomic E-state index is -0.263. The van der Waals surface area contributed by atoms with Crippen molar-refractivity contribution in [1.29, 1.82) is 0 Å². The van der Waals surface area contributed by atoms with Crippen molar-refractivity contribution in [1.82, 2.24) is 9.97 Å². The number of carbonyl (C=O) groups is 1. The van der Waals surface area contributed by atoms with Gasteiger partial charge in [-0.25, -0.2) is 4.98 Å². The van der Waals surface area contributed by atoms with Crippen molar-refractivity contribution in [2.24, 2.45) is 0 Å². The summed E-state index contributed by atoms with van der Waals surface area (Å²) in [5.74, 6) is 0.324. The molecule has 0 atom stereocenters. The van der Waals surface area contributed by atoms with Gasteiger partial charge in [-0.2, -0.15) is 0 Å². The van der Waals surface area contributed by atoms with Crippen molar-refractivity contribution in [3.63, 3.8) is 0 Å². The van der Waals surface area contributed by atoms with Gasteiger partial charge in [-0.05, 0) is 32.4 Å². The van der Waals surface area contributed by atoms with E-state index in [4.69, 9.17) is 9.47 Å². The minimum Gasteiger partial charge on any atom is -0.463 e. The summed E-state index contributed by atoms with van der Waals surface area (Å²) in [6.45, 7) is 4.53. The van der Waals surface area contributed by atoms with Crippen LogP contribution in [0.2, 0.25) is 0 Å². The number of hydrogen-bond donors (Lipinski definition) is 1. The van der Waals surface area contributed by atoms with Crippen LogP contribution in [0.3, 0.4) is 0 Å². The number of aryl methyl sites for hydroxylation is 1. The van der Waals surface area contributed by atoms with Gasteiger partial charge in [0, 0.05) is 12.8 Å². The largest absolute Gasteiger partial charge is 0.463 e. The lowest BCUT2D eigenvalue weighted by molar-refractivity contribution is -0.145. The van der Waals surface area contributed by atoms with Crippen LogP contribution in [0.15, 0.2) is 29.1 Å². The number of aromatic nitrogens is 2. The van der Waals surface area contributed by atoms with Gasteiger partial charge in [-0.15, -0.1) is 0 Å². The number of fused-ring (bicyclic) bond motifs is 1. The van der Waals surface area contributed by atoms with E-state index in [-0.39, 0.29) is 30.7 Å². The molecule has 2 rings (SSSR count). The molecule has 0 saturated carbocycles. The Bertz CT molecular complexity index is 709. The van der Waals surface area contributed by atoms with E-state index >= 15 is 0 Å². The fraction of sp³-hybridized carbons (Fsp3) is 0.471. The lowest BCUT2D eigenvalue weighted by Crippen LogP contribution is -2.14. The number of carbonyl (C=O) groups excluding carboxylic acids is 1. The van der Waals surface area contributed by atoms with Gasteiger partial charge in [0.05, 0.1) is 23.6 Å². The molecule has 1 aromatic carbocycles. The summed E-state index contributed by atoms with van der Waals surface area (Å²) in [5.41, 5.74) is 0.513. The monoisotopic (exact) mass is 318 g/mol. The minimum absolute atomic E-state index is 0.129. The van der Waals surface area contributed by atoms with Crippen LogP contribution in [0.4, 0.5) is 0 Å². The Labute approximate surface area is 134 Å². The van der Waals surface area contributed by atoms with Crippen LogP contribution >= 0.6 is 0 Å². The Morgan fingerprint density at radius 3 is 2.83 bits per heavy atom. The molecule has 6 heteroatoms. The molecule has 0 aliphatic heterocycles. The van der Waals surface area contributed by atoms with E-state index in [1.165, 1.54) is 0 Å². The molecule has 23 heavy (non-hydrogen) atoms. The summed E-state index contributed by atoms with van der Waals surface area (Å²) in [4.78, 5) is 30.7. The molecule has 0 fully saturated rings. The van der Waals surface area contributed by atoms with Crippen molar-refractivity contribution < 1.29 is 14.3 Å². The van der Waals surface area contributed by atoms with E-state index in [0.717, 1.165) is 0 Å². The number of rotatable bonds is 8. The highest BCUT2D eigenvalue weighted by molar-refractivity contribution is 5.77. The molecule has 6 nitrogen and oxygen atoms in total. The molecule has 124 valence electrons. The second-order valence-corrected chi connectivity index (χ2v) is 5.52. The molecular weight excluding hydrogens is 296 g/mol. The standard InChI is InChI=1S/C17H22N2O4/c1-12(2)22-10-11-23-16(20)9-5-8-15-18-14-7-4-3-6-13(14)17(21)19-15/h3-4,6-7,12H,5,8-11H2,1-2H3,(H,18,19,21). The van der Waals surface area contributed by atoms with Crippen LogP contribution in [0, 0.1) is 0 Å². The van der Waals surface area contributed by atoms with Crippen LogP contribution in [-0.2, 0) is 20.7 Å². The molecule has 2 aromatic rings. The molecule has 1 heterocycles. The van der Waals surface area contributed by atoms with E-state index in [2.05, 4.69) is 9.97 Å². The maximum absolute atomic E-state index is 11.9. The van der Waals surface area contributed by atoms with E-state index in [0.29, 0.717) is 36.2 Å². The number of nitrogens with zero attached hydrogens (tertiary/aromatic N) is 1. The number of benzene rings is 1. The first-order chi connectivity index (χ1) is 11.1. The van der Waals surface area contributed by atoms with Crippen molar-refractivity contribution in [3.05, 3.63) is 40.4 Å². The molecule has 0 unspecified atom stereocenters. The predicted molar refractivity (Wildman–Crippen MR) is 87.3 cm³/mol. The number of hydrogen-bond acceptors (Lipinski definition) is 5. The molecule has 0 aliphatic carbocycles. The topological polar surface area (TPSA) is 81.3 Å². The Balaban J connectivity index is 1.78. The summed E-state index contributed by atoms with van der Waals surface area (Å²) in [7, 11) is 0. The lowest BCUT2D eigenvalue weighted by atomic mass is 10.2. The van der Waals surface area contributed by atoms with Crippen molar-refractivity contribution in [2.45, 2.75) is 39.2 Å². The average Bonchev–Trinajstić information content (AvgIpc) is 2.51. The Morgan fingerprint density at radius 2 is 2.04 bits per heavy atom. The van der Waals surface area contributed by atoms with Gasteiger partial charge < -0.3 is 14.5 Å². The first-order valence-electron chi connectivity index (χ1n) is 7.81. The Kier molecular flexibility index (Phi) is 6.29. The second-order valence-electron chi connectivity index (χ2n) is 5.52. The molecule has 0 amide bonds. The van der Waals surface area contributed by atoms with Crippen LogP contribution in [-0.4, -0.2) is 35.3 Å². The van der Waals surface area contributed by atoms with Gasteiger partial charge >= 0.3 is 5.97 Å². The van der Waals surface area contributed by atoms with Gasteiger partial charge in [-0.3, -0.25) is 9.59 Å². The molecule has 1 N–H and O–H groups in total. The van der Waals surface area contributed by atoms with E-state index in [9.17, 15) is 9.59 Å². The molecule has 0 saturated heterocycles. The third kappa shape index (κ3) is 5.49. The maximum Gasteiger partial charge on any atom is 0.305 e. The Hall–Kier alpha value is -2.21. The fourth-order valence-corrected chi connectivity index (χ4v) is 2.16. The molecule has 0 bridgehead atoms. The molecule has 0 aliphatic rings. The molecule has 1 aromatic heterocycles. The third-order valence-corrected chi connectivity index (χ3v) is 3.25. The van der Waals surface area contributed by atoms with Gasteiger partial charge in [0.1, 0.15) is 12.4 Å². The zero-order valence-electron chi connectivity index (χ0n) is 13.5. The number of nitrogens with one attached hydrogen (secondary N) is 1. The Morgan fingerprint density at radius 1 is 1.26 bits per heavy atom. The average molecular weight is 318 g/mol. The number of para-hydroxylation sites is 1. The number of esters is 1. The first-order valence-corrected chi connectivity index (χ1v) is 7.81. The van der Waals surface area contributed by atoms with Crippen LogP contribution in [0.1, 0.15) is 32.5 Å². The van der Waals surface area contributed by atoms with E-state index in [1.54, 1.807) is 18.2 Å². The highest BCUT2D eigenvalue weighted by Crippen LogP contribution is 2.07. The SMILES string of the molecule is CC(C)OCCOC(=O)CCCc1nc2ccccc2c(=O)[nH]1. The fourth-order valence-electron chi connectivity index (χ4n) is 2.16. The zero-order chi connectivity index (χ0) is 16.7. The maximum atomic E-state index is 11.9. The molecule has 0 radical (unpaired) electrons. The summed E-state index contributed by atoms with van der Waals surface area (Å²) < 4.78 is 10.4. The van der Waals surface area contributed by atoms with Gasteiger partial charge in [0.15, 0.2) is 0 Å². The summed E-state index contributed by atoms with van der Waals surface area (Å²) in [6.07, 6.45) is 1.52. The van der Waals surface area contributed by atoms with Crippen LogP contribution < -0.4 is 5.56 Å². The summed E-state index contributed by atoms with van der Waals surface area (Å²) >= 11 is 0. The normalized spacial score (nSPS) is 11.1. The van der Waals surface area contributed by atoms with Crippen LogP contribution in [0.5, 0.6) is 0 Å². The highest BCUT2D eigenvalue weighted by Gasteiger charge is 2.06. The highest BCUT2D eigenvalue weighted by atomic mass is 16.6. The van der Waals surface area contributed by atoms with Gasteiger partial charge in [-0.1, -0.05) is 12.1 Å². The number of ether oxygens (including phenoxy) is 2. The summed E-state index contributed by atoms with van der Waals surface area (Å²) in [5, 5.41) is 0.570. The third-order valence-electron chi connectivity index (χ3n) is 3.25. The predicted octanol–water partition coefficient (Wildman–Crippen LogP) is 2.21. The van der Waals surface area contributed by atoms with E-state index < -0.39 is 0 Å². The lowest BCUT2D eigenvalue weighted by Gasteiger charge is -2.08. The number of H-pyrrole nitrogens is 1.